The van der Waals surface area contributed by atoms with E-state index in [1.165, 1.54) is 52.8 Å². The maximum absolute atomic E-state index is 13.0. The van der Waals surface area contributed by atoms with Gasteiger partial charge in [-0.2, -0.15) is 4.31 Å². The highest BCUT2D eigenvalue weighted by Crippen LogP contribution is 2.31. The first-order chi connectivity index (χ1) is 14.5. The van der Waals surface area contributed by atoms with E-state index in [9.17, 15) is 26.4 Å². The van der Waals surface area contributed by atoms with Crippen molar-refractivity contribution in [3.05, 3.63) is 59.7 Å². The Kier molecular flexibility index (Phi) is 6.46. The highest BCUT2D eigenvalue weighted by Gasteiger charge is 2.38. The molecule has 0 unspecified atom stereocenters. The van der Waals surface area contributed by atoms with E-state index in [4.69, 9.17) is 11.5 Å². The first-order valence-corrected chi connectivity index (χ1v) is 12.3. The van der Waals surface area contributed by atoms with Crippen molar-refractivity contribution in [1.29, 1.82) is 0 Å². The van der Waals surface area contributed by atoms with Crippen LogP contribution in [0.1, 0.15) is 33.6 Å². The van der Waals surface area contributed by atoms with E-state index >= 15 is 0 Å². The average molecular weight is 467 g/mol. The smallest absolute Gasteiger partial charge is 0.248 e. The van der Waals surface area contributed by atoms with E-state index in [0.717, 1.165) is 0 Å². The predicted molar refractivity (Wildman–Crippen MR) is 112 cm³/mol. The molecule has 166 valence electrons. The summed E-state index contributed by atoms with van der Waals surface area (Å²) in [4.78, 5) is 22.2. The van der Waals surface area contributed by atoms with Gasteiger partial charge in [-0.1, -0.05) is 0 Å². The van der Waals surface area contributed by atoms with E-state index in [0.29, 0.717) is 12.8 Å². The summed E-state index contributed by atoms with van der Waals surface area (Å²) in [6.07, 6.45) is 1.36. The molecule has 2 amide bonds. The highest BCUT2D eigenvalue weighted by molar-refractivity contribution is 7.89. The molecular formula is C19H22N4O6S2. The Morgan fingerprint density at radius 2 is 1.29 bits per heavy atom. The summed E-state index contributed by atoms with van der Waals surface area (Å²) in [6, 6.07) is 10.2. The van der Waals surface area contributed by atoms with E-state index in [2.05, 4.69) is 4.72 Å². The Bertz CT molecular complexity index is 1190. The molecule has 0 aromatic heterocycles. The van der Waals surface area contributed by atoms with Crippen LogP contribution in [0.5, 0.6) is 0 Å². The molecule has 1 saturated carbocycles. The van der Waals surface area contributed by atoms with E-state index in [1.807, 2.05) is 0 Å². The van der Waals surface area contributed by atoms with Gasteiger partial charge in [0.15, 0.2) is 0 Å². The van der Waals surface area contributed by atoms with Gasteiger partial charge in [0.2, 0.25) is 31.9 Å². The lowest BCUT2D eigenvalue weighted by atomic mass is 10.2. The zero-order chi connectivity index (χ0) is 22.8. The molecule has 0 radical (unpaired) electrons. The van der Waals surface area contributed by atoms with Crippen molar-refractivity contribution in [3.8, 4) is 0 Å². The van der Waals surface area contributed by atoms with Gasteiger partial charge in [-0.25, -0.2) is 21.6 Å². The number of nitrogens with two attached hydrogens (primary N) is 2. The summed E-state index contributed by atoms with van der Waals surface area (Å²) in [6.45, 7) is -0.210. The first kappa shape index (κ1) is 22.9. The van der Waals surface area contributed by atoms with Gasteiger partial charge in [-0.3, -0.25) is 9.59 Å². The van der Waals surface area contributed by atoms with Gasteiger partial charge >= 0.3 is 0 Å². The van der Waals surface area contributed by atoms with Crippen molar-refractivity contribution in [1.82, 2.24) is 9.03 Å². The highest BCUT2D eigenvalue weighted by atomic mass is 32.2. The van der Waals surface area contributed by atoms with Crippen LogP contribution in [0.4, 0.5) is 0 Å². The monoisotopic (exact) mass is 466 g/mol. The number of benzene rings is 2. The molecule has 0 atom stereocenters. The zero-order valence-corrected chi connectivity index (χ0v) is 18.0. The molecule has 0 bridgehead atoms. The summed E-state index contributed by atoms with van der Waals surface area (Å²) in [7, 11) is -7.79. The van der Waals surface area contributed by atoms with Gasteiger partial charge in [-0.15, -0.1) is 0 Å². The molecule has 12 heteroatoms. The minimum absolute atomic E-state index is 0.00528. The molecule has 10 nitrogen and oxygen atoms in total. The fourth-order valence-electron chi connectivity index (χ4n) is 2.96. The van der Waals surface area contributed by atoms with Gasteiger partial charge in [-0.05, 0) is 61.4 Å². The number of rotatable bonds is 10. The molecule has 0 heterocycles. The summed E-state index contributed by atoms with van der Waals surface area (Å²) in [5.41, 5.74) is 10.7. The normalized spacial score (nSPS) is 14.5. The molecule has 5 N–H and O–H groups in total. The number of primary amides is 2. The van der Waals surface area contributed by atoms with E-state index in [1.54, 1.807) is 0 Å². The Morgan fingerprint density at radius 3 is 1.71 bits per heavy atom. The van der Waals surface area contributed by atoms with Gasteiger partial charge in [0.05, 0.1) is 9.79 Å². The molecular weight excluding hydrogens is 444 g/mol. The number of carbonyl (C=O) groups is 2. The van der Waals surface area contributed by atoms with Crippen LogP contribution in [0.15, 0.2) is 58.3 Å². The summed E-state index contributed by atoms with van der Waals surface area (Å²) in [5.74, 6) is -1.34. The van der Waals surface area contributed by atoms with E-state index in [-0.39, 0.29) is 40.0 Å². The summed E-state index contributed by atoms with van der Waals surface area (Å²) >= 11 is 0. The predicted octanol–water partition coefficient (Wildman–Crippen LogP) is 0.0160. The van der Waals surface area contributed by atoms with Gasteiger partial charge < -0.3 is 11.5 Å². The molecule has 0 spiro atoms. The SMILES string of the molecule is NC(=O)c1ccc(S(=O)(=O)NCCN(C2CC2)S(=O)(=O)c2ccc(C(N)=O)cc2)cc1. The van der Waals surface area contributed by atoms with Crippen molar-refractivity contribution in [2.75, 3.05) is 13.1 Å². The number of sulfonamides is 2. The molecule has 0 saturated heterocycles. The lowest BCUT2D eigenvalue weighted by Crippen LogP contribution is -2.39. The molecule has 1 fully saturated rings. The summed E-state index contributed by atoms with van der Waals surface area (Å²) in [5, 5.41) is 0. The molecule has 2 aromatic carbocycles. The Hall–Kier alpha value is -2.80. The second-order valence-electron chi connectivity index (χ2n) is 7.02. The third-order valence-electron chi connectivity index (χ3n) is 4.77. The van der Waals surface area contributed by atoms with Crippen LogP contribution in [0.3, 0.4) is 0 Å². The van der Waals surface area contributed by atoms with Crippen molar-refractivity contribution in [2.45, 2.75) is 28.7 Å². The molecule has 31 heavy (non-hydrogen) atoms. The van der Waals surface area contributed by atoms with Gasteiger partial charge in [0, 0.05) is 30.3 Å². The zero-order valence-electron chi connectivity index (χ0n) is 16.4. The Morgan fingerprint density at radius 1 is 0.839 bits per heavy atom. The number of hydrogen-bond donors (Lipinski definition) is 3. The van der Waals surface area contributed by atoms with Gasteiger partial charge in [0.1, 0.15) is 0 Å². The number of nitrogens with zero attached hydrogens (tertiary/aromatic N) is 1. The lowest BCUT2D eigenvalue weighted by molar-refractivity contribution is 0.0992. The van der Waals surface area contributed by atoms with Crippen LogP contribution < -0.4 is 16.2 Å². The minimum atomic E-state index is -3.90. The topological polar surface area (TPSA) is 170 Å². The van der Waals surface area contributed by atoms with Crippen LogP contribution in [0.2, 0.25) is 0 Å². The maximum Gasteiger partial charge on any atom is 0.248 e. The van der Waals surface area contributed by atoms with Crippen LogP contribution in [0, 0.1) is 0 Å². The lowest BCUT2D eigenvalue weighted by Gasteiger charge is -2.22. The minimum Gasteiger partial charge on any atom is -0.366 e. The number of nitrogens with one attached hydrogen (secondary N) is 1. The average Bonchev–Trinajstić information content (AvgIpc) is 3.56. The Labute approximate surface area is 180 Å². The molecule has 2 aromatic rings. The van der Waals surface area contributed by atoms with Crippen LogP contribution in [-0.4, -0.2) is 52.1 Å². The number of amides is 2. The molecule has 0 aliphatic heterocycles. The molecule has 3 rings (SSSR count). The maximum atomic E-state index is 13.0. The fraction of sp³-hybridized carbons (Fsp3) is 0.263. The number of carbonyl (C=O) groups excluding carboxylic acids is 2. The fourth-order valence-corrected chi connectivity index (χ4v) is 5.67. The molecule has 1 aliphatic rings. The van der Waals surface area contributed by atoms with Crippen molar-refractivity contribution in [2.24, 2.45) is 11.5 Å². The molecule has 1 aliphatic carbocycles. The largest absolute Gasteiger partial charge is 0.366 e. The quantitative estimate of drug-likeness (QED) is 0.445. The van der Waals surface area contributed by atoms with Crippen molar-refractivity contribution >= 4 is 31.9 Å². The van der Waals surface area contributed by atoms with Crippen LogP contribution in [-0.2, 0) is 20.0 Å². The standard InChI is InChI=1S/C19H22N4O6S2/c20-18(24)13-1-7-16(8-2-13)30(26,27)22-11-12-23(15-5-6-15)31(28,29)17-9-3-14(4-10-17)19(21)25/h1-4,7-10,15,22H,5-6,11-12H2,(H2,20,24)(H2,21,25). The van der Waals surface area contributed by atoms with Gasteiger partial charge in [0.25, 0.3) is 0 Å². The second-order valence-corrected chi connectivity index (χ2v) is 10.7. The van der Waals surface area contributed by atoms with Crippen molar-refractivity contribution in [3.63, 3.8) is 0 Å². The number of hydrogen-bond acceptors (Lipinski definition) is 6. The third kappa shape index (κ3) is 5.28. The van der Waals surface area contributed by atoms with E-state index < -0.39 is 31.9 Å². The second kappa shape index (κ2) is 8.75. The van der Waals surface area contributed by atoms with Crippen LogP contribution in [0.25, 0.3) is 0 Å². The third-order valence-corrected chi connectivity index (χ3v) is 8.22. The Balaban J connectivity index is 1.70. The first-order valence-electron chi connectivity index (χ1n) is 9.33. The van der Waals surface area contributed by atoms with Crippen molar-refractivity contribution < 1.29 is 26.4 Å². The van der Waals surface area contributed by atoms with Crippen LogP contribution >= 0.6 is 0 Å². The summed E-state index contributed by atoms with van der Waals surface area (Å²) < 4.78 is 54.6.